The summed E-state index contributed by atoms with van der Waals surface area (Å²) >= 11 is 6.96. The minimum atomic E-state index is -0.400. The fraction of sp³-hybridized carbons (Fsp3) is 0.125. The van der Waals surface area contributed by atoms with E-state index in [9.17, 15) is 4.79 Å². The summed E-state index contributed by atoms with van der Waals surface area (Å²) in [6.45, 7) is 0.475. The number of aromatic nitrogens is 1. The van der Waals surface area contributed by atoms with Crippen molar-refractivity contribution >= 4 is 44.8 Å². The topological polar surface area (TPSA) is 72.5 Å². The molecule has 0 radical (unpaired) electrons. The molecule has 4 rings (SSSR count). The van der Waals surface area contributed by atoms with Gasteiger partial charge in [-0.2, -0.15) is 0 Å². The summed E-state index contributed by atoms with van der Waals surface area (Å²) < 4.78 is 11.7. The van der Waals surface area contributed by atoms with Crippen molar-refractivity contribution in [2.45, 2.75) is 6.54 Å². The summed E-state index contributed by atoms with van der Waals surface area (Å²) in [7, 11) is 3.00. The highest BCUT2D eigenvalue weighted by Crippen LogP contribution is 2.30. The first kappa shape index (κ1) is 21.7. The largest absolute Gasteiger partial charge is 0.496 e. The number of thiazole rings is 1. The lowest BCUT2D eigenvalue weighted by Crippen LogP contribution is -2.39. The van der Waals surface area contributed by atoms with Gasteiger partial charge in [0, 0.05) is 12.1 Å². The zero-order chi connectivity index (χ0) is 22.5. The molecule has 6 nitrogen and oxygen atoms in total. The van der Waals surface area contributed by atoms with Crippen LogP contribution >= 0.6 is 23.6 Å². The lowest BCUT2D eigenvalue weighted by molar-refractivity contribution is 0.0970. The minimum absolute atomic E-state index is 0.221. The molecule has 0 aliphatic heterocycles. The number of hydrogen-bond acceptors (Lipinski definition) is 6. The highest BCUT2D eigenvalue weighted by molar-refractivity contribution is 7.80. The van der Waals surface area contributed by atoms with Gasteiger partial charge < -0.3 is 14.8 Å². The van der Waals surface area contributed by atoms with E-state index < -0.39 is 5.91 Å². The van der Waals surface area contributed by atoms with Crippen LogP contribution in [-0.2, 0) is 6.54 Å². The first-order valence-electron chi connectivity index (χ1n) is 9.84. The maximum absolute atomic E-state index is 12.7. The molecular formula is C24H21N3O3S2. The Bertz CT molecular complexity index is 1210. The first-order valence-corrected chi connectivity index (χ1v) is 11.1. The van der Waals surface area contributed by atoms with E-state index >= 15 is 0 Å². The van der Waals surface area contributed by atoms with Gasteiger partial charge in [0.1, 0.15) is 22.1 Å². The molecule has 0 aliphatic rings. The SMILES string of the molecule is COc1cccc(OC)c1C(=O)NC(=S)NCc1ccc(-c2nc3ccccc3s2)cc1. The molecule has 0 aliphatic carbocycles. The van der Waals surface area contributed by atoms with E-state index in [1.165, 1.54) is 18.9 Å². The molecule has 32 heavy (non-hydrogen) atoms. The second kappa shape index (κ2) is 9.76. The number of thiocarbonyl (C=S) groups is 1. The van der Waals surface area contributed by atoms with E-state index in [-0.39, 0.29) is 5.11 Å². The molecule has 0 fully saturated rings. The zero-order valence-electron chi connectivity index (χ0n) is 17.5. The van der Waals surface area contributed by atoms with E-state index in [1.54, 1.807) is 29.5 Å². The monoisotopic (exact) mass is 463 g/mol. The number of fused-ring (bicyclic) bond motifs is 1. The van der Waals surface area contributed by atoms with Crippen LogP contribution in [0.3, 0.4) is 0 Å². The summed E-state index contributed by atoms with van der Waals surface area (Å²) in [5, 5.41) is 6.95. The predicted molar refractivity (Wildman–Crippen MR) is 132 cm³/mol. The molecule has 162 valence electrons. The number of carbonyl (C=O) groups is 1. The Morgan fingerprint density at radius 3 is 2.31 bits per heavy atom. The standard InChI is InChI=1S/C24H21N3O3S2/c1-29-18-7-5-8-19(30-2)21(18)22(28)27-24(31)25-14-15-10-12-16(13-11-15)23-26-17-6-3-4-9-20(17)32-23/h3-13H,14H2,1-2H3,(H2,25,27,28,31). The molecule has 4 aromatic rings. The van der Waals surface area contributed by atoms with Crippen molar-refractivity contribution in [3.05, 3.63) is 77.9 Å². The Balaban J connectivity index is 1.38. The van der Waals surface area contributed by atoms with Crippen LogP contribution in [0.15, 0.2) is 66.7 Å². The van der Waals surface area contributed by atoms with Crippen LogP contribution in [0.5, 0.6) is 11.5 Å². The molecule has 1 amide bonds. The van der Waals surface area contributed by atoms with Crippen LogP contribution in [0.4, 0.5) is 0 Å². The number of methoxy groups -OCH3 is 2. The van der Waals surface area contributed by atoms with Crippen molar-refractivity contribution in [2.24, 2.45) is 0 Å². The third-order valence-corrected chi connectivity index (χ3v) is 6.16. The van der Waals surface area contributed by atoms with Crippen molar-refractivity contribution in [1.82, 2.24) is 15.6 Å². The van der Waals surface area contributed by atoms with Gasteiger partial charge in [-0.1, -0.05) is 42.5 Å². The summed E-state index contributed by atoms with van der Waals surface area (Å²) in [6.07, 6.45) is 0. The molecule has 0 saturated carbocycles. The van der Waals surface area contributed by atoms with Crippen LogP contribution in [0.1, 0.15) is 15.9 Å². The molecule has 8 heteroatoms. The normalized spacial score (nSPS) is 10.6. The van der Waals surface area contributed by atoms with Gasteiger partial charge in [-0.05, 0) is 42.0 Å². The van der Waals surface area contributed by atoms with Gasteiger partial charge in [0.2, 0.25) is 0 Å². The Hall–Kier alpha value is -3.49. The van der Waals surface area contributed by atoms with Crippen molar-refractivity contribution < 1.29 is 14.3 Å². The number of benzene rings is 3. The number of carbonyl (C=O) groups excluding carboxylic acids is 1. The average Bonchev–Trinajstić information content (AvgIpc) is 3.26. The summed E-state index contributed by atoms with van der Waals surface area (Å²) in [6, 6.07) is 21.4. The average molecular weight is 464 g/mol. The molecular weight excluding hydrogens is 442 g/mol. The Morgan fingerprint density at radius 1 is 0.969 bits per heavy atom. The second-order valence-corrected chi connectivity index (χ2v) is 8.30. The fourth-order valence-corrected chi connectivity index (χ4v) is 4.36. The highest BCUT2D eigenvalue weighted by Gasteiger charge is 2.19. The van der Waals surface area contributed by atoms with Gasteiger partial charge in [0.05, 0.1) is 24.4 Å². The number of nitrogens with zero attached hydrogens (tertiary/aromatic N) is 1. The zero-order valence-corrected chi connectivity index (χ0v) is 19.2. The molecule has 3 aromatic carbocycles. The van der Waals surface area contributed by atoms with Gasteiger partial charge in [-0.3, -0.25) is 10.1 Å². The summed E-state index contributed by atoms with van der Waals surface area (Å²) in [4.78, 5) is 17.4. The van der Waals surface area contributed by atoms with Gasteiger partial charge in [0.15, 0.2) is 5.11 Å². The Morgan fingerprint density at radius 2 is 1.66 bits per heavy atom. The molecule has 1 heterocycles. The van der Waals surface area contributed by atoms with E-state index in [2.05, 4.69) is 16.7 Å². The number of ether oxygens (including phenoxy) is 2. The third-order valence-electron chi connectivity index (χ3n) is 4.83. The molecule has 0 spiro atoms. The van der Waals surface area contributed by atoms with Gasteiger partial charge >= 0.3 is 0 Å². The predicted octanol–water partition coefficient (Wildman–Crippen LogP) is 4.79. The van der Waals surface area contributed by atoms with Crippen LogP contribution < -0.4 is 20.1 Å². The van der Waals surface area contributed by atoms with Crippen molar-refractivity contribution in [3.63, 3.8) is 0 Å². The van der Waals surface area contributed by atoms with E-state index in [0.717, 1.165) is 21.7 Å². The number of amides is 1. The first-order chi connectivity index (χ1) is 15.6. The Kier molecular flexibility index (Phi) is 6.63. The molecule has 0 saturated heterocycles. The van der Waals surface area contributed by atoms with Crippen molar-refractivity contribution in [1.29, 1.82) is 0 Å². The minimum Gasteiger partial charge on any atom is -0.496 e. The van der Waals surface area contributed by atoms with Crippen LogP contribution in [-0.4, -0.2) is 30.2 Å². The third kappa shape index (κ3) is 4.71. The Labute approximate surface area is 195 Å². The molecule has 2 N–H and O–H groups in total. The second-order valence-electron chi connectivity index (χ2n) is 6.86. The van der Waals surface area contributed by atoms with E-state index in [4.69, 9.17) is 26.7 Å². The molecule has 0 bridgehead atoms. The smallest absolute Gasteiger partial charge is 0.264 e. The van der Waals surface area contributed by atoms with Gasteiger partial charge in [0.25, 0.3) is 5.91 Å². The van der Waals surface area contributed by atoms with Crippen LogP contribution in [0, 0.1) is 0 Å². The van der Waals surface area contributed by atoms with Gasteiger partial charge in [-0.15, -0.1) is 11.3 Å². The number of hydrogen-bond donors (Lipinski definition) is 2. The highest BCUT2D eigenvalue weighted by atomic mass is 32.1. The summed E-state index contributed by atoms with van der Waals surface area (Å²) in [5.74, 6) is 0.424. The molecule has 0 unspecified atom stereocenters. The number of rotatable bonds is 6. The van der Waals surface area contributed by atoms with Crippen molar-refractivity contribution in [2.75, 3.05) is 14.2 Å². The number of para-hydroxylation sites is 1. The maximum atomic E-state index is 12.7. The van der Waals surface area contributed by atoms with Crippen molar-refractivity contribution in [3.8, 4) is 22.1 Å². The number of nitrogens with one attached hydrogen (secondary N) is 2. The quantitative estimate of drug-likeness (QED) is 0.401. The lowest BCUT2D eigenvalue weighted by Gasteiger charge is -2.14. The van der Waals surface area contributed by atoms with Crippen LogP contribution in [0.2, 0.25) is 0 Å². The van der Waals surface area contributed by atoms with Crippen LogP contribution in [0.25, 0.3) is 20.8 Å². The fourth-order valence-electron chi connectivity index (χ4n) is 3.23. The maximum Gasteiger partial charge on any atom is 0.264 e. The van der Waals surface area contributed by atoms with E-state index in [0.29, 0.717) is 23.6 Å². The van der Waals surface area contributed by atoms with Gasteiger partial charge in [-0.25, -0.2) is 4.98 Å². The molecule has 0 atom stereocenters. The molecule has 1 aromatic heterocycles. The summed E-state index contributed by atoms with van der Waals surface area (Å²) in [5.41, 5.74) is 3.39. The lowest BCUT2D eigenvalue weighted by atomic mass is 10.1. The van der Waals surface area contributed by atoms with E-state index in [1.807, 2.05) is 42.5 Å².